The average molecular weight is 345 g/mol. The molecule has 1 atom stereocenters. The Balaban J connectivity index is 0.00000151. The first-order valence-electron chi connectivity index (χ1n) is 9.14. The number of hydrogen-bond acceptors (Lipinski definition) is 4. The van der Waals surface area contributed by atoms with Crippen LogP contribution in [0.4, 0.5) is 0 Å². The molecule has 0 saturated heterocycles. The molecular formula is C19H31N5O. The lowest BCUT2D eigenvalue weighted by Gasteiger charge is -2.13. The van der Waals surface area contributed by atoms with Crippen molar-refractivity contribution in [3.63, 3.8) is 0 Å². The highest BCUT2D eigenvalue weighted by Crippen LogP contribution is 2.14. The summed E-state index contributed by atoms with van der Waals surface area (Å²) >= 11 is 0. The maximum absolute atomic E-state index is 11.8. The molecule has 0 radical (unpaired) electrons. The van der Waals surface area contributed by atoms with Crippen LogP contribution in [0.2, 0.25) is 0 Å². The van der Waals surface area contributed by atoms with E-state index in [-0.39, 0.29) is 11.9 Å². The van der Waals surface area contributed by atoms with Gasteiger partial charge in [-0.15, -0.1) is 10.2 Å². The van der Waals surface area contributed by atoms with Crippen molar-refractivity contribution in [1.82, 2.24) is 20.1 Å². The van der Waals surface area contributed by atoms with Crippen molar-refractivity contribution in [1.29, 1.82) is 0 Å². The number of nitrogens with two attached hydrogens (primary N) is 1. The third-order valence-corrected chi connectivity index (χ3v) is 3.71. The largest absolute Gasteiger partial charge is 0.356 e. The molecule has 3 N–H and O–H groups in total. The van der Waals surface area contributed by atoms with Gasteiger partial charge in [0.2, 0.25) is 5.91 Å². The molecule has 0 saturated carbocycles. The Bertz CT molecular complexity index is 597. The minimum Gasteiger partial charge on any atom is -0.356 e. The van der Waals surface area contributed by atoms with Crippen molar-refractivity contribution in [3.05, 3.63) is 48.0 Å². The Hall–Kier alpha value is -2.21. The lowest BCUT2D eigenvalue weighted by molar-refractivity contribution is -0.121. The maximum atomic E-state index is 11.8. The molecule has 1 amide bonds. The Morgan fingerprint density at radius 2 is 2.00 bits per heavy atom. The third-order valence-electron chi connectivity index (χ3n) is 3.71. The van der Waals surface area contributed by atoms with Gasteiger partial charge in [-0.3, -0.25) is 4.79 Å². The number of hydrogen-bond donors (Lipinski definition) is 2. The summed E-state index contributed by atoms with van der Waals surface area (Å²) in [6.07, 6.45) is 4.73. The van der Waals surface area contributed by atoms with Gasteiger partial charge in [0.25, 0.3) is 0 Å². The molecule has 0 fully saturated rings. The molecule has 0 bridgehead atoms. The quantitative estimate of drug-likeness (QED) is 0.684. The summed E-state index contributed by atoms with van der Waals surface area (Å²) in [5.41, 5.74) is 7.36. The Kier molecular flexibility index (Phi) is 10.2. The molecule has 6 heteroatoms. The summed E-state index contributed by atoms with van der Waals surface area (Å²) in [6, 6.07) is 9.80. The maximum Gasteiger partial charge on any atom is 0.220 e. The average Bonchev–Trinajstić information content (AvgIpc) is 3.10. The highest BCUT2D eigenvalue weighted by atomic mass is 16.1. The van der Waals surface area contributed by atoms with Gasteiger partial charge in [0.1, 0.15) is 12.2 Å². The van der Waals surface area contributed by atoms with Crippen LogP contribution in [0.3, 0.4) is 0 Å². The van der Waals surface area contributed by atoms with E-state index in [9.17, 15) is 4.79 Å². The van der Waals surface area contributed by atoms with Crippen LogP contribution in [0.15, 0.2) is 36.7 Å². The van der Waals surface area contributed by atoms with Crippen LogP contribution >= 0.6 is 0 Å². The van der Waals surface area contributed by atoms with Crippen LogP contribution < -0.4 is 11.1 Å². The fourth-order valence-electron chi connectivity index (χ4n) is 2.36. The second-order valence-corrected chi connectivity index (χ2v) is 5.65. The molecule has 0 aliphatic rings. The first-order valence-corrected chi connectivity index (χ1v) is 9.14. The SMILES string of the molecule is CC.CCCCNC(=O)CCC(N)c1nncn1Cc1ccccc1. The van der Waals surface area contributed by atoms with Gasteiger partial charge in [-0.05, 0) is 18.4 Å². The minimum absolute atomic E-state index is 0.0445. The summed E-state index contributed by atoms with van der Waals surface area (Å²) in [5.74, 6) is 0.762. The Labute approximate surface area is 150 Å². The van der Waals surface area contributed by atoms with Gasteiger partial charge in [0.05, 0.1) is 12.6 Å². The summed E-state index contributed by atoms with van der Waals surface area (Å²) in [7, 11) is 0. The van der Waals surface area contributed by atoms with Crippen LogP contribution in [-0.2, 0) is 11.3 Å². The van der Waals surface area contributed by atoms with Crippen LogP contribution in [0.5, 0.6) is 0 Å². The van der Waals surface area contributed by atoms with E-state index in [2.05, 4.69) is 34.6 Å². The molecule has 6 nitrogen and oxygen atoms in total. The fraction of sp³-hybridized carbons (Fsp3) is 0.526. The van der Waals surface area contributed by atoms with Gasteiger partial charge in [-0.25, -0.2) is 0 Å². The van der Waals surface area contributed by atoms with E-state index in [4.69, 9.17) is 5.73 Å². The third kappa shape index (κ3) is 7.47. The number of amides is 1. The number of nitrogens with zero attached hydrogens (tertiary/aromatic N) is 3. The molecule has 1 aromatic carbocycles. The first-order chi connectivity index (χ1) is 12.2. The van der Waals surface area contributed by atoms with Crippen LogP contribution in [0.25, 0.3) is 0 Å². The molecule has 0 spiro atoms. The van der Waals surface area contributed by atoms with Gasteiger partial charge < -0.3 is 15.6 Å². The molecule has 25 heavy (non-hydrogen) atoms. The highest BCUT2D eigenvalue weighted by molar-refractivity contribution is 5.75. The van der Waals surface area contributed by atoms with Gasteiger partial charge in [-0.2, -0.15) is 0 Å². The molecule has 0 aliphatic carbocycles. The molecule has 0 aliphatic heterocycles. The number of carbonyl (C=O) groups is 1. The van der Waals surface area contributed by atoms with Crippen molar-refractivity contribution >= 4 is 5.91 Å². The van der Waals surface area contributed by atoms with E-state index in [1.807, 2.05) is 36.6 Å². The Morgan fingerprint density at radius 1 is 1.28 bits per heavy atom. The molecule has 1 heterocycles. The number of carbonyl (C=O) groups excluding carboxylic acids is 1. The van der Waals surface area contributed by atoms with E-state index in [1.165, 1.54) is 0 Å². The normalized spacial score (nSPS) is 11.4. The standard InChI is InChI=1S/C17H25N5O.C2H6/c1-2-3-11-19-16(23)10-9-15(18)17-21-20-13-22(17)12-14-7-5-4-6-8-14;1-2/h4-8,13,15H,2-3,9-12,18H2,1H3,(H,19,23);1-2H3. The van der Waals surface area contributed by atoms with Gasteiger partial charge in [0.15, 0.2) is 0 Å². The second-order valence-electron chi connectivity index (χ2n) is 5.65. The van der Waals surface area contributed by atoms with Crippen molar-refractivity contribution in [2.75, 3.05) is 6.54 Å². The lowest BCUT2D eigenvalue weighted by Crippen LogP contribution is -2.26. The van der Waals surface area contributed by atoms with Crippen molar-refractivity contribution in [2.24, 2.45) is 5.73 Å². The molecule has 138 valence electrons. The van der Waals surface area contributed by atoms with E-state index in [0.29, 0.717) is 19.4 Å². The van der Waals surface area contributed by atoms with E-state index in [1.54, 1.807) is 6.33 Å². The predicted octanol–water partition coefficient (Wildman–Crippen LogP) is 3.05. The first kappa shape index (κ1) is 20.8. The van der Waals surface area contributed by atoms with Gasteiger partial charge in [0, 0.05) is 13.0 Å². The molecule has 1 unspecified atom stereocenters. The monoisotopic (exact) mass is 345 g/mol. The van der Waals surface area contributed by atoms with E-state index >= 15 is 0 Å². The summed E-state index contributed by atoms with van der Waals surface area (Å²) in [6.45, 7) is 7.51. The summed E-state index contributed by atoms with van der Waals surface area (Å²) in [4.78, 5) is 11.8. The molecule has 2 rings (SSSR count). The van der Waals surface area contributed by atoms with Crippen LogP contribution in [0, 0.1) is 0 Å². The zero-order valence-electron chi connectivity index (χ0n) is 15.6. The van der Waals surface area contributed by atoms with Gasteiger partial charge >= 0.3 is 0 Å². The second kappa shape index (κ2) is 12.2. The van der Waals surface area contributed by atoms with Crippen molar-refractivity contribution in [2.45, 2.75) is 59.0 Å². The lowest BCUT2D eigenvalue weighted by atomic mass is 10.1. The predicted molar refractivity (Wildman–Crippen MR) is 101 cm³/mol. The van der Waals surface area contributed by atoms with Crippen LogP contribution in [0.1, 0.15) is 63.9 Å². The van der Waals surface area contributed by atoms with Crippen LogP contribution in [-0.4, -0.2) is 27.2 Å². The Morgan fingerprint density at radius 3 is 2.68 bits per heavy atom. The minimum atomic E-state index is -0.293. The summed E-state index contributed by atoms with van der Waals surface area (Å²) < 4.78 is 1.94. The number of rotatable bonds is 9. The molecular weight excluding hydrogens is 314 g/mol. The van der Waals surface area contributed by atoms with E-state index < -0.39 is 0 Å². The van der Waals surface area contributed by atoms with Crippen molar-refractivity contribution < 1.29 is 4.79 Å². The zero-order valence-corrected chi connectivity index (χ0v) is 15.6. The number of aromatic nitrogens is 3. The molecule has 1 aromatic heterocycles. The highest BCUT2D eigenvalue weighted by Gasteiger charge is 2.15. The van der Waals surface area contributed by atoms with E-state index in [0.717, 1.165) is 30.8 Å². The zero-order chi connectivity index (χ0) is 18.5. The number of nitrogens with one attached hydrogen (secondary N) is 1. The summed E-state index contributed by atoms with van der Waals surface area (Å²) in [5, 5.41) is 11.0. The smallest absolute Gasteiger partial charge is 0.220 e. The molecule has 2 aromatic rings. The number of unbranched alkanes of at least 4 members (excludes halogenated alkanes) is 1. The number of benzene rings is 1. The fourth-order valence-corrected chi connectivity index (χ4v) is 2.36. The van der Waals surface area contributed by atoms with Crippen molar-refractivity contribution in [3.8, 4) is 0 Å². The van der Waals surface area contributed by atoms with Gasteiger partial charge in [-0.1, -0.05) is 57.5 Å². The topological polar surface area (TPSA) is 85.8 Å².